The molecule has 0 bridgehead atoms. The summed E-state index contributed by atoms with van der Waals surface area (Å²) in [6.07, 6.45) is 3.32. The van der Waals surface area contributed by atoms with Gasteiger partial charge in [-0.15, -0.1) is 5.10 Å². The molecule has 17 heavy (non-hydrogen) atoms. The van der Waals surface area contributed by atoms with E-state index in [0.717, 1.165) is 31.6 Å². The Bertz CT molecular complexity index is 331. The first-order valence-corrected chi connectivity index (χ1v) is 6.55. The van der Waals surface area contributed by atoms with Crippen LogP contribution in [0.4, 0.5) is 0 Å². The second-order valence-corrected chi connectivity index (χ2v) is 5.19. The average Bonchev–Trinajstić information content (AvgIpc) is 2.75. The Morgan fingerprint density at radius 3 is 2.59 bits per heavy atom. The SMILES string of the molecule is CCCNC(C)c1nnnn1C(C)(C)CCC. The molecule has 1 rings (SSSR count). The molecule has 5 nitrogen and oxygen atoms in total. The topological polar surface area (TPSA) is 55.6 Å². The Kier molecular flexibility index (Phi) is 5.05. The predicted molar refractivity (Wildman–Crippen MR) is 68.8 cm³/mol. The highest BCUT2D eigenvalue weighted by Gasteiger charge is 2.26. The number of rotatable bonds is 7. The van der Waals surface area contributed by atoms with Crippen LogP contribution in [0.1, 0.15) is 65.7 Å². The molecule has 1 unspecified atom stereocenters. The van der Waals surface area contributed by atoms with E-state index in [1.54, 1.807) is 0 Å². The minimum absolute atomic E-state index is 0.0181. The van der Waals surface area contributed by atoms with Crippen molar-refractivity contribution in [3.63, 3.8) is 0 Å². The molecule has 0 aliphatic carbocycles. The molecular weight excluding hydrogens is 214 g/mol. The van der Waals surface area contributed by atoms with Crippen LogP contribution in [0.3, 0.4) is 0 Å². The first kappa shape index (κ1) is 14.1. The Morgan fingerprint density at radius 2 is 2.00 bits per heavy atom. The summed E-state index contributed by atoms with van der Waals surface area (Å²) in [5.41, 5.74) is -0.0181. The zero-order chi connectivity index (χ0) is 12.9. The van der Waals surface area contributed by atoms with Crippen molar-refractivity contribution in [1.82, 2.24) is 25.5 Å². The molecule has 98 valence electrons. The molecular formula is C12H25N5. The maximum Gasteiger partial charge on any atom is 0.168 e. The zero-order valence-corrected chi connectivity index (χ0v) is 11.7. The highest BCUT2D eigenvalue weighted by Crippen LogP contribution is 2.23. The van der Waals surface area contributed by atoms with Gasteiger partial charge in [0.05, 0.1) is 11.6 Å². The zero-order valence-electron chi connectivity index (χ0n) is 11.7. The van der Waals surface area contributed by atoms with Crippen molar-refractivity contribution >= 4 is 0 Å². The summed E-state index contributed by atoms with van der Waals surface area (Å²) in [7, 11) is 0. The van der Waals surface area contributed by atoms with E-state index in [9.17, 15) is 0 Å². The van der Waals surface area contributed by atoms with Gasteiger partial charge in [-0.3, -0.25) is 0 Å². The van der Waals surface area contributed by atoms with Crippen molar-refractivity contribution in [3.8, 4) is 0 Å². The van der Waals surface area contributed by atoms with Crippen LogP contribution in [-0.4, -0.2) is 26.8 Å². The Labute approximate surface area is 104 Å². The van der Waals surface area contributed by atoms with Crippen LogP contribution in [0, 0.1) is 0 Å². The molecule has 0 saturated heterocycles. The van der Waals surface area contributed by atoms with Gasteiger partial charge in [0.25, 0.3) is 0 Å². The van der Waals surface area contributed by atoms with Crippen molar-refractivity contribution in [2.45, 2.75) is 65.5 Å². The van der Waals surface area contributed by atoms with E-state index in [1.165, 1.54) is 0 Å². The summed E-state index contributed by atoms with van der Waals surface area (Å²) >= 11 is 0. The van der Waals surface area contributed by atoms with Gasteiger partial charge < -0.3 is 5.32 Å². The van der Waals surface area contributed by atoms with Crippen LogP contribution in [0.2, 0.25) is 0 Å². The number of nitrogens with one attached hydrogen (secondary N) is 1. The van der Waals surface area contributed by atoms with Crippen molar-refractivity contribution in [1.29, 1.82) is 0 Å². The molecule has 0 spiro atoms. The summed E-state index contributed by atoms with van der Waals surface area (Å²) in [4.78, 5) is 0. The molecule has 5 heteroatoms. The van der Waals surface area contributed by atoms with Crippen LogP contribution >= 0.6 is 0 Å². The van der Waals surface area contributed by atoms with Crippen molar-refractivity contribution < 1.29 is 0 Å². The Balaban J connectivity index is 2.84. The van der Waals surface area contributed by atoms with Gasteiger partial charge in [-0.1, -0.05) is 20.3 Å². The molecule has 1 atom stereocenters. The monoisotopic (exact) mass is 239 g/mol. The lowest BCUT2D eigenvalue weighted by molar-refractivity contribution is 0.269. The van der Waals surface area contributed by atoms with E-state index in [2.05, 4.69) is 55.5 Å². The third-order valence-corrected chi connectivity index (χ3v) is 3.02. The third-order valence-electron chi connectivity index (χ3n) is 3.02. The molecule has 0 aliphatic rings. The van der Waals surface area contributed by atoms with E-state index in [4.69, 9.17) is 0 Å². The van der Waals surface area contributed by atoms with Gasteiger partial charge in [0.15, 0.2) is 5.82 Å². The third kappa shape index (κ3) is 3.49. The second kappa shape index (κ2) is 6.10. The fraction of sp³-hybridized carbons (Fsp3) is 0.917. The highest BCUT2D eigenvalue weighted by molar-refractivity contribution is 4.94. The first-order valence-electron chi connectivity index (χ1n) is 6.55. The van der Waals surface area contributed by atoms with Gasteiger partial charge in [-0.2, -0.15) is 0 Å². The normalized spacial score (nSPS) is 13.9. The molecule has 1 aromatic heterocycles. The standard InChI is InChI=1S/C12H25N5/c1-6-8-12(4,5)17-11(14-15-16-17)10(3)13-9-7-2/h10,13H,6-9H2,1-5H3. The van der Waals surface area contributed by atoms with Crippen LogP contribution in [0.25, 0.3) is 0 Å². The maximum atomic E-state index is 4.16. The quantitative estimate of drug-likeness (QED) is 0.793. The van der Waals surface area contributed by atoms with Gasteiger partial charge in [0.2, 0.25) is 0 Å². The predicted octanol–water partition coefficient (Wildman–Crippen LogP) is 2.27. The largest absolute Gasteiger partial charge is 0.307 e. The first-order chi connectivity index (χ1) is 8.03. The van der Waals surface area contributed by atoms with E-state index >= 15 is 0 Å². The van der Waals surface area contributed by atoms with Crippen LogP contribution in [0.15, 0.2) is 0 Å². The summed E-state index contributed by atoms with van der Waals surface area (Å²) in [5.74, 6) is 0.928. The average molecular weight is 239 g/mol. The Hall–Kier alpha value is -0.970. The molecule has 0 aliphatic heterocycles. The van der Waals surface area contributed by atoms with E-state index in [0.29, 0.717) is 0 Å². The molecule has 0 aromatic carbocycles. The summed E-state index contributed by atoms with van der Waals surface area (Å²) in [6, 6.07) is 0.195. The molecule has 1 N–H and O–H groups in total. The molecule has 0 fully saturated rings. The molecule has 0 amide bonds. The van der Waals surface area contributed by atoms with Crippen LogP contribution in [0.5, 0.6) is 0 Å². The number of aromatic nitrogens is 4. The van der Waals surface area contributed by atoms with E-state index in [1.807, 2.05) is 4.68 Å². The Morgan fingerprint density at radius 1 is 1.29 bits per heavy atom. The second-order valence-electron chi connectivity index (χ2n) is 5.19. The highest BCUT2D eigenvalue weighted by atomic mass is 15.6. The van der Waals surface area contributed by atoms with Gasteiger partial charge in [-0.25, -0.2) is 4.68 Å². The smallest absolute Gasteiger partial charge is 0.168 e. The molecule has 1 aromatic rings. The summed E-state index contributed by atoms with van der Waals surface area (Å²) < 4.78 is 1.96. The van der Waals surface area contributed by atoms with E-state index in [-0.39, 0.29) is 11.6 Å². The minimum atomic E-state index is -0.0181. The lowest BCUT2D eigenvalue weighted by atomic mass is 9.99. The molecule has 1 heterocycles. The minimum Gasteiger partial charge on any atom is -0.307 e. The fourth-order valence-electron chi connectivity index (χ4n) is 2.07. The van der Waals surface area contributed by atoms with Gasteiger partial charge >= 0.3 is 0 Å². The summed E-state index contributed by atoms with van der Waals surface area (Å²) in [5, 5.41) is 15.6. The molecule has 0 saturated carbocycles. The molecule has 0 radical (unpaired) electrons. The van der Waals surface area contributed by atoms with Crippen molar-refractivity contribution in [3.05, 3.63) is 5.82 Å². The van der Waals surface area contributed by atoms with Crippen LogP contribution < -0.4 is 5.32 Å². The van der Waals surface area contributed by atoms with Crippen LogP contribution in [-0.2, 0) is 5.54 Å². The van der Waals surface area contributed by atoms with Gasteiger partial charge in [0, 0.05) is 0 Å². The fourth-order valence-corrected chi connectivity index (χ4v) is 2.07. The lowest BCUT2D eigenvalue weighted by Gasteiger charge is -2.26. The number of nitrogens with zero attached hydrogens (tertiary/aromatic N) is 4. The number of tetrazole rings is 1. The van der Waals surface area contributed by atoms with Gasteiger partial charge in [0.1, 0.15) is 0 Å². The summed E-state index contributed by atoms with van der Waals surface area (Å²) in [6.45, 7) is 11.8. The van der Waals surface area contributed by atoms with E-state index < -0.39 is 0 Å². The maximum absolute atomic E-state index is 4.16. The lowest BCUT2D eigenvalue weighted by Crippen LogP contribution is -2.32. The number of hydrogen-bond acceptors (Lipinski definition) is 4. The van der Waals surface area contributed by atoms with Gasteiger partial charge in [-0.05, 0) is 50.6 Å². The van der Waals surface area contributed by atoms with Crippen molar-refractivity contribution in [2.24, 2.45) is 0 Å². The number of hydrogen-bond donors (Lipinski definition) is 1. The van der Waals surface area contributed by atoms with Crippen molar-refractivity contribution in [2.75, 3.05) is 6.54 Å².